The Morgan fingerprint density at radius 3 is 2.30 bits per heavy atom. The number of benzene rings is 2. The number of ether oxygens (including phenoxy) is 1. The molecule has 0 saturated carbocycles. The van der Waals surface area contributed by atoms with Gasteiger partial charge in [0.2, 0.25) is 5.78 Å². The Hall–Kier alpha value is -4.40. The highest BCUT2D eigenvalue weighted by Crippen LogP contribution is 2.54. The van der Waals surface area contributed by atoms with Crippen LogP contribution in [0.3, 0.4) is 0 Å². The highest BCUT2D eigenvalue weighted by molar-refractivity contribution is 9.10. The molecule has 0 radical (unpaired) electrons. The smallest absolute Gasteiger partial charge is 0.417 e. The molecule has 14 heteroatoms. The number of phenolic OH excluding ortho intramolecular Hbond substituents is 1. The number of anilines is 2. The predicted molar refractivity (Wildman–Crippen MR) is 162 cm³/mol. The van der Waals surface area contributed by atoms with E-state index in [2.05, 4.69) is 21.2 Å². The van der Waals surface area contributed by atoms with Gasteiger partial charge in [0, 0.05) is 35.7 Å². The molecule has 0 bridgehead atoms. The van der Waals surface area contributed by atoms with Crippen molar-refractivity contribution < 1.29 is 44.3 Å². The fourth-order valence-electron chi connectivity index (χ4n) is 6.54. The quantitative estimate of drug-likeness (QED) is 0.201. The van der Waals surface area contributed by atoms with E-state index in [0.29, 0.717) is 11.3 Å². The van der Waals surface area contributed by atoms with Crippen molar-refractivity contribution in [3.63, 3.8) is 0 Å². The van der Waals surface area contributed by atoms with E-state index in [4.69, 9.17) is 10.5 Å². The van der Waals surface area contributed by atoms with Crippen molar-refractivity contribution in [3.8, 4) is 11.5 Å². The number of allylic oxidation sites excluding steroid dienone is 1. The average molecular weight is 672 g/mol. The normalized spacial score (nSPS) is 24.5. The van der Waals surface area contributed by atoms with Gasteiger partial charge in [-0.15, -0.1) is 0 Å². The molecule has 0 aromatic heterocycles. The number of hydrogen-bond acceptors (Lipinski definition) is 11. The third-order valence-electron chi connectivity index (χ3n) is 8.44. The van der Waals surface area contributed by atoms with Crippen LogP contribution in [0.25, 0.3) is 0 Å². The molecular formula is C30H31BrN4O9. The molecule has 0 fully saturated rings. The monoisotopic (exact) mass is 670 g/mol. The Morgan fingerprint density at radius 2 is 1.73 bits per heavy atom. The molecule has 3 aliphatic carbocycles. The van der Waals surface area contributed by atoms with Crippen molar-refractivity contribution in [2.24, 2.45) is 17.6 Å². The van der Waals surface area contributed by atoms with E-state index >= 15 is 0 Å². The molecule has 0 heterocycles. The van der Waals surface area contributed by atoms with Crippen LogP contribution in [0.1, 0.15) is 22.3 Å². The molecule has 0 aliphatic heterocycles. The van der Waals surface area contributed by atoms with Crippen molar-refractivity contribution in [2.75, 3.05) is 38.4 Å². The second-order valence-electron chi connectivity index (χ2n) is 11.5. The number of nitrogens with one attached hydrogen (secondary N) is 1. The van der Waals surface area contributed by atoms with Gasteiger partial charge in [-0.2, -0.15) is 0 Å². The number of ketones is 2. The van der Waals surface area contributed by atoms with Gasteiger partial charge in [-0.25, -0.2) is 4.79 Å². The number of hydrogen-bond donors (Lipinski definition) is 6. The summed E-state index contributed by atoms with van der Waals surface area (Å²) < 4.78 is 6.06. The minimum absolute atomic E-state index is 0.0427. The fourth-order valence-corrected chi connectivity index (χ4v) is 6.80. The minimum atomic E-state index is -2.76. The zero-order chi connectivity index (χ0) is 32.4. The molecule has 2 amide bonds. The first-order chi connectivity index (χ1) is 20.6. The number of fused-ring (bicyclic) bond motifs is 3. The van der Waals surface area contributed by atoms with Crippen LogP contribution in [0.5, 0.6) is 11.5 Å². The zero-order valence-corrected chi connectivity index (χ0v) is 25.8. The minimum Gasteiger partial charge on any atom is -0.510 e. The number of primary amides is 1. The number of aromatic hydroxyl groups is 1. The lowest BCUT2D eigenvalue weighted by Crippen LogP contribution is -2.63. The summed E-state index contributed by atoms with van der Waals surface area (Å²) in [5.41, 5.74) is 1.94. The van der Waals surface area contributed by atoms with Crippen molar-refractivity contribution in [2.45, 2.75) is 24.5 Å². The standard InChI is InChI=1S/C30H31BrN4O9/c1-34(2)18-11-17(33-29(42)44-14-7-5-13(31)6-8-14)23(36)20-15(18)9-12-10-16-22(35(3)4)25(38)21(28(32)41)27(40)30(16,43)26(39)19(12)24(20)37/h5-8,11-12,16,22,36,38-39,43H,9-10H2,1-4H3,(H2,32,41)(H,33,42)/t12-,16-,22-,30-/m0/s1. The summed E-state index contributed by atoms with van der Waals surface area (Å²) in [5, 5.41) is 47.9. The number of carbonyl (C=O) groups is 4. The largest absolute Gasteiger partial charge is 0.510 e. The molecule has 4 atom stereocenters. The number of carbonyl (C=O) groups excluding carboxylic acids is 4. The van der Waals surface area contributed by atoms with Gasteiger partial charge in [-0.1, -0.05) is 15.9 Å². The number of halogens is 1. The average Bonchev–Trinajstić information content (AvgIpc) is 2.93. The first kappa shape index (κ1) is 31.0. The Balaban J connectivity index is 1.62. The molecule has 5 rings (SSSR count). The van der Waals surface area contributed by atoms with Crippen LogP contribution in [0.4, 0.5) is 16.2 Å². The molecule has 13 nitrogen and oxygen atoms in total. The molecule has 232 valence electrons. The number of likely N-dealkylation sites (N-methyl/N-ethyl adjacent to an activating group) is 1. The van der Waals surface area contributed by atoms with E-state index in [1.54, 1.807) is 57.4 Å². The van der Waals surface area contributed by atoms with Crippen molar-refractivity contribution in [3.05, 3.63) is 68.6 Å². The Labute approximate surface area is 260 Å². The first-order valence-electron chi connectivity index (χ1n) is 13.5. The van der Waals surface area contributed by atoms with Gasteiger partial charge >= 0.3 is 6.09 Å². The Kier molecular flexibility index (Phi) is 7.72. The molecule has 44 heavy (non-hydrogen) atoms. The third-order valence-corrected chi connectivity index (χ3v) is 8.97. The number of amides is 2. The molecule has 0 spiro atoms. The highest BCUT2D eigenvalue weighted by atomic mass is 79.9. The number of nitrogens with two attached hydrogens (primary N) is 1. The van der Waals surface area contributed by atoms with E-state index in [1.807, 2.05) is 0 Å². The number of aliphatic hydroxyl groups is 3. The number of nitrogens with zero attached hydrogens (tertiary/aromatic N) is 2. The number of aliphatic hydroxyl groups excluding tert-OH is 2. The number of Topliss-reactive ketones (excluding diaryl/α,β-unsaturated/α-hetero) is 2. The third kappa shape index (κ3) is 4.69. The van der Waals surface area contributed by atoms with E-state index in [-0.39, 0.29) is 35.4 Å². The van der Waals surface area contributed by atoms with Gasteiger partial charge in [0.25, 0.3) is 5.91 Å². The molecule has 2 aromatic carbocycles. The van der Waals surface area contributed by atoms with E-state index in [1.165, 1.54) is 11.0 Å². The van der Waals surface area contributed by atoms with Gasteiger partial charge in [0.1, 0.15) is 22.8 Å². The summed E-state index contributed by atoms with van der Waals surface area (Å²) in [5.74, 6) is -7.37. The van der Waals surface area contributed by atoms with Crippen molar-refractivity contribution in [1.29, 1.82) is 0 Å². The molecule has 0 unspecified atom stereocenters. The van der Waals surface area contributed by atoms with Crippen molar-refractivity contribution in [1.82, 2.24) is 4.90 Å². The predicted octanol–water partition coefficient (Wildman–Crippen LogP) is 2.56. The number of rotatable bonds is 5. The Morgan fingerprint density at radius 1 is 1.09 bits per heavy atom. The topological polar surface area (TPSA) is 203 Å². The zero-order valence-electron chi connectivity index (χ0n) is 24.2. The lowest BCUT2D eigenvalue weighted by atomic mass is 9.58. The van der Waals surface area contributed by atoms with E-state index in [0.717, 1.165) is 4.47 Å². The van der Waals surface area contributed by atoms with Gasteiger partial charge < -0.3 is 35.8 Å². The summed E-state index contributed by atoms with van der Waals surface area (Å²) in [4.78, 5) is 55.7. The van der Waals surface area contributed by atoms with E-state index < -0.39 is 69.9 Å². The van der Waals surface area contributed by atoms with Crippen LogP contribution >= 0.6 is 15.9 Å². The molecular weight excluding hydrogens is 640 g/mol. The van der Waals surface area contributed by atoms with Crippen LogP contribution in [-0.2, 0) is 16.0 Å². The lowest BCUT2D eigenvalue weighted by molar-refractivity contribution is -0.148. The molecule has 7 N–H and O–H groups in total. The Bertz CT molecular complexity index is 1680. The van der Waals surface area contributed by atoms with Crippen LogP contribution < -0.4 is 20.7 Å². The van der Waals surface area contributed by atoms with Crippen LogP contribution in [-0.4, -0.2) is 88.7 Å². The van der Waals surface area contributed by atoms with Crippen LogP contribution in [0.2, 0.25) is 0 Å². The van der Waals surface area contributed by atoms with Gasteiger partial charge in [-0.3, -0.25) is 24.6 Å². The summed E-state index contributed by atoms with van der Waals surface area (Å²) in [6, 6.07) is 6.83. The lowest BCUT2D eigenvalue weighted by Gasteiger charge is -2.50. The maximum atomic E-state index is 14.1. The highest BCUT2D eigenvalue weighted by Gasteiger charge is 2.63. The maximum absolute atomic E-state index is 14.1. The molecule has 0 saturated heterocycles. The maximum Gasteiger partial charge on any atom is 0.417 e. The summed E-state index contributed by atoms with van der Waals surface area (Å²) in [6.07, 6.45) is -0.892. The van der Waals surface area contributed by atoms with Crippen LogP contribution in [0.15, 0.2) is 57.5 Å². The fraction of sp³-hybridized carbons (Fsp3) is 0.333. The second-order valence-corrected chi connectivity index (χ2v) is 12.4. The summed E-state index contributed by atoms with van der Waals surface area (Å²) in [6.45, 7) is 0. The van der Waals surface area contributed by atoms with Gasteiger partial charge in [-0.05, 0) is 68.8 Å². The van der Waals surface area contributed by atoms with E-state index in [9.17, 15) is 39.6 Å². The molecule has 2 aromatic rings. The summed E-state index contributed by atoms with van der Waals surface area (Å²) in [7, 11) is 6.54. The van der Waals surface area contributed by atoms with Gasteiger partial charge in [0.15, 0.2) is 17.1 Å². The number of phenols is 1. The first-order valence-corrected chi connectivity index (χ1v) is 14.3. The molecule has 3 aliphatic rings. The SMILES string of the molecule is CN(C)c1cc(NC(=O)Oc2ccc(Br)cc2)c(O)c2c1C[C@H]1C[C@H]3[C@H](N(C)C)C(O)=C(C(N)=O)C(=O)[C@@]3(O)C(O)=C1C2=O. The van der Waals surface area contributed by atoms with Crippen molar-refractivity contribution >= 4 is 50.9 Å². The van der Waals surface area contributed by atoms with Gasteiger partial charge in [0.05, 0.1) is 17.3 Å². The second kappa shape index (κ2) is 10.9. The summed E-state index contributed by atoms with van der Waals surface area (Å²) >= 11 is 3.29. The van der Waals surface area contributed by atoms with Crippen LogP contribution in [0, 0.1) is 11.8 Å².